The Bertz CT molecular complexity index is 3500. The molecule has 12 aromatic rings. The second kappa shape index (κ2) is 13.1. The summed E-state index contributed by atoms with van der Waals surface area (Å²) >= 11 is 1.85. The fraction of sp³-hybridized carbons (Fsp3) is 0. The largest absolute Gasteiger partial charge is 0.456 e. The van der Waals surface area contributed by atoms with Crippen molar-refractivity contribution in [1.82, 2.24) is 4.57 Å². The summed E-state index contributed by atoms with van der Waals surface area (Å²) in [4.78, 5) is 2.42. The van der Waals surface area contributed by atoms with E-state index in [9.17, 15) is 0 Å². The number of hydrogen-bond donors (Lipinski definition) is 0. The third-order valence-corrected chi connectivity index (χ3v) is 12.8. The van der Waals surface area contributed by atoms with Crippen LogP contribution < -0.4 is 4.90 Å². The molecule has 0 amide bonds. The molecule has 0 unspecified atom stereocenters. The molecule has 0 fully saturated rings. The molecular formula is C54H34N2OS. The second-order valence-corrected chi connectivity index (χ2v) is 15.9. The van der Waals surface area contributed by atoms with E-state index in [1.807, 2.05) is 17.4 Å². The molecule has 9 aromatic carbocycles. The first-order valence-corrected chi connectivity index (χ1v) is 20.5. The first-order chi connectivity index (χ1) is 28.8. The summed E-state index contributed by atoms with van der Waals surface area (Å²) in [5, 5.41) is 7.25. The number of nitrogens with zero attached hydrogens (tertiary/aromatic N) is 2. The van der Waals surface area contributed by atoms with Gasteiger partial charge < -0.3 is 13.9 Å². The molecule has 0 saturated carbocycles. The average Bonchev–Trinajstić information content (AvgIpc) is 3.97. The van der Waals surface area contributed by atoms with Gasteiger partial charge in [0.2, 0.25) is 0 Å². The number of aromatic nitrogens is 1. The Morgan fingerprint density at radius 2 is 1.00 bits per heavy atom. The highest BCUT2D eigenvalue weighted by atomic mass is 32.1. The van der Waals surface area contributed by atoms with Gasteiger partial charge >= 0.3 is 0 Å². The van der Waals surface area contributed by atoms with E-state index in [0.29, 0.717) is 0 Å². The zero-order chi connectivity index (χ0) is 38.2. The summed E-state index contributed by atoms with van der Waals surface area (Å²) in [6.07, 6.45) is 0. The highest BCUT2D eigenvalue weighted by molar-refractivity contribution is 7.26. The Kier molecular flexibility index (Phi) is 7.40. The Labute approximate surface area is 338 Å². The van der Waals surface area contributed by atoms with Crippen LogP contribution in [0.1, 0.15) is 0 Å². The number of hydrogen-bond acceptors (Lipinski definition) is 3. The molecule has 0 spiro atoms. The number of anilines is 3. The van der Waals surface area contributed by atoms with E-state index in [0.717, 1.165) is 44.7 Å². The van der Waals surface area contributed by atoms with Crippen LogP contribution in [0.4, 0.5) is 17.1 Å². The van der Waals surface area contributed by atoms with Gasteiger partial charge in [-0.15, -0.1) is 11.3 Å². The van der Waals surface area contributed by atoms with Crippen molar-refractivity contribution < 1.29 is 4.42 Å². The normalized spacial score (nSPS) is 11.8. The van der Waals surface area contributed by atoms with Gasteiger partial charge in [-0.2, -0.15) is 0 Å². The third kappa shape index (κ3) is 5.12. The topological polar surface area (TPSA) is 21.3 Å². The highest BCUT2D eigenvalue weighted by Gasteiger charge is 2.22. The fourth-order valence-corrected chi connectivity index (χ4v) is 10.1. The Hall–Kier alpha value is -7.40. The number of rotatable bonds is 6. The van der Waals surface area contributed by atoms with Crippen LogP contribution in [0, 0.1) is 0 Å². The summed E-state index contributed by atoms with van der Waals surface area (Å²) in [6.45, 7) is 0. The summed E-state index contributed by atoms with van der Waals surface area (Å²) < 4.78 is 11.4. The number of furan rings is 1. The van der Waals surface area contributed by atoms with Crippen molar-refractivity contribution >= 4 is 92.3 Å². The van der Waals surface area contributed by atoms with Crippen molar-refractivity contribution in [3.05, 3.63) is 206 Å². The van der Waals surface area contributed by atoms with E-state index in [1.165, 1.54) is 64.2 Å². The quantitative estimate of drug-likeness (QED) is 0.168. The molecule has 0 bridgehead atoms. The lowest BCUT2D eigenvalue weighted by Crippen LogP contribution is -2.10. The second-order valence-electron chi connectivity index (χ2n) is 14.9. The molecule has 58 heavy (non-hydrogen) atoms. The fourth-order valence-electron chi connectivity index (χ4n) is 8.93. The standard InChI is InChI=1S/C54H34N2OS/c1-2-12-35(13-3-1)36-24-29-39(30-25-36)55-46-18-7-4-14-41(46)45-34-38(28-33-47(45)55)37-26-31-40(32-27-37)56(48-19-11-22-51-53(48)44-16-5-8-21-50(44)57-51)49-20-10-17-43-42-15-6-9-23-52(42)58-54(43)49/h1-34H. The van der Waals surface area contributed by atoms with Crippen LogP contribution in [0.15, 0.2) is 211 Å². The molecule has 0 aliphatic rings. The zero-order valence-corrected chi connectivity index (χ0v) is 32.2. The maximum Gasteiger partial charge on any atom is 0.137 e. The summed E-state index contributed by atoms with van der Waals surface area (Å²) in [5.74, 6) is 0. The van der Waals surface area contributed by atoms with Crippen molar-refractivity contribution in [3.63, 3.8) is 0 Å². The first-order valence-electron chi connectivity index (χ1n) is 19.7. The number of benzene rings is 9. The van der Waals surface area contributed by atoms with Gasteiger partial charge in [0.05, 0.1) is 32.5 Å². The van der Waals surface area contributed by atoms with Crippen LogP contribution >= 0.6 is 11.3 Å². The molecule has 272 valence electrons. The molecular weight excluding hydrogens is 725 g/mol. The number of para-hydroxylation sites is 2. The minimum Gasteiger partial charge on any atom is -0.456 e. The predicted molar refractivity (Wildman–Crippen MR) is 247 cm³/mol. The number of fused-ring (bicyclic) bond motifs is 9. The molecule has 4 heteroatoms. The van der Waals surface area contributed by atoms with Crippen LogP contribution in [-0.4, -0.2) is 4.57 Å². The zero-order valence-electron chi connectivity index (χ0n) is 31.3. The van der Waals surface area contributed by atoms with E-state index in [-0.39, 0.29) is 0 Å². The van der Waals surface area contributed by atoms with Gasteiger partial charge in [0, 0.05) is 43.0 Å². The maximum atomic E-state index is 6.42. The predicted octanol–water partition coefficient (Wildman–Crippen LogP) is 15.9. The monoisotopic (exact) mass is 758 g/mol. The van der Waals surface area contributed by atoms with Crippen molar-refractivity contribution in [2.24, 2.45) is 0 Å². The van der Waals surface area contributed by atoms with Crippen LogP contribution in [0.3, 0.4) is 0 Å². The SMILES string of the molecule is c1ccc(-c2ccc(-n3c4ccccc4c4cc(-c5ccc(N(c6cccc7c6sc6ccccc67)c6cccc7oc8ccccc8c67)cc5)ccc43)cc2)cc1. The molecule has 0 radical (unpaired) electrons. The molecule has 12 rings (SSSR count). The van der Waals surface area contributed by atoms with Gasteiger partial charge in [-0.25, -0.2) is 0 Å². The van der Waals surface area contributed by atoms with Crippen LogP contribution in [-0.2, 0) is 0 Å². The van der Waals surface area contributed by atoms with E-state index >= 15 is 0 Å². The van der Waals surface area contributed by atoms with E-state index in [4.69, 9.17) is 4.42 Å². The smallest absolute Gasteiger partial charge is 0.137 e. The lowest BCUT2D eigenvalue weighted by atomic mass is 10.0. The molecule has 3 heterocycles. The average molecular weight is 759 g/mol. The van der Waals surface area contributed by atoms with E-state index in [1.54, 1.807) is 0 Å². The minimum absolute atomic E-state index is 0.878. The van der Waals surface area contributed by atoms with Crippen molar-refractivity contribution in [3.8, 4) is 27.9 Å². The molecule has 0 N–H and O–H groups in total. The number of thiophene rings is 1. The first kappa shape index (κ1) is 32.8. The molecule has 3 nitrogen and oxygen atoms in total. The highest BCUT2D eigenvalue weighted by Crippen LogP contribution is 2.48. The van der Waals surface area contributed by atoms with E-state index in [2.05, 4.69) is 210 Å². The van der Waals surface area contributed by atoms with Gasteiger partial charge in [-0.3, -0.25) is 0 Å². The van der Waals surface area contributed by atoms with Crippen molar-refractivity contribution in [2.75, 3.05) is 4.90 Å². The Balaban J connectivity index is 0.994. The maximum absolute atomic E-state index is 6.42. The van der Waals surface area contributed by atoms with E-state index < -0.39 is 0 Å². The van der Waals surface area contributed by atoms with Crippen LogP contribution in [0.5, 0.6) is 0 Å². The summed E-state index contributed by atoms with van der Waals surface area (Å²) in [5.41, 5.74) is 13.4. The molecule has 0 aliphatic carbocycles. The lowest BCUT2D eigenvalue weighted by Gasteiger charge is -2.27. The van der Waals surface area contributed by atoms with Gasteiger partial charge in [-0.05, 0) is 95.1 Å². The molecule has 0 saturated heterocycles. The lowest BCUT2D eigenvalue weighted by molar-refractivity contribution is 0.669. The van der Waals surface area contributed by atoms with Crippen LogP contribution in [0.25, 0.3) is 91.9 Å². The Morgan fingerprint density at radius 1 is 0.397 bits per heavy atom. The molecule has 0 aliphatic heterocycles. The molecule has 0 atom stereocenters. The van der Waals surface area contributed by atoms with Gasteiger partial charge in [0.25, 0.3) is 0 Å². The summed E-state index contributed by atoms with van der Waals surface area (Å²) in [6, 6.07) is 74.4. The third-order valence-electron chi connectivity index (χ3n) is 11.6. The summed E-state index contributed by atoms with van der Waals surface area (Å²) in [7, 11) is 0. The Morgan fingerprint density at radius 3 is 1.86 bits per heavy atom. The molecule has 3 aromatic heterocycles. The van der Waals surface area contributed by atoms with Gasteiger partial charge in [0.1, 0.15) is 11.2 Å². The van der Waals surface area contributed by atoms with Crippen molar-refractivity contribution in [1.29, 1.82) is 0 Å². The minimum atomic E-state index is 0.878. The van der Waals surface area contributed by atoms with Crippen molar-refractivity contribution in [2.45, 2.75) is 0 Å². The van der Waals surface area contributed by atoms with Crippen LogP contribution in [0.2, 0.25) is 0 Å². The van der Waals surface area contributed by atoms with Gasteiger partial charge in [0.15, 0.2) is 0 Å². The van der Waals surface area contributed by atoms with Gasteiger partial charge in [-0.1, -0.05) is 133 Å².